The molecule has 0 radical (unpaired) electrons. The first-order valence-corrected chi connectivity index (χ1v) is 16.7. The van der Waals surface area contributed by atoms with E-state index in [1.807, 2.05) is 0 Å². The molecule has 3 aliphatic heterocycles. The van der Waals surface area contributed by atoms with Gasteiger partial charge in [-0.15, -0.1) is 0 Å². The maximum Gasteiger partial charge on any atom is 0.0353 e. The van der Waals surface area contributed by atoms with Crippen molar-refractivity contribution in [1.82, 2.24) is 29.4 Å². The highest BCUT2D eigenvalue weighted by molar-refractivity contribution is 5.31. The highest BCUT2D eigenvalue weighted by Gasteiger charge is 2.19. The molecule has 0 bridgehead atoms. The van der Waals surface area contributed by atoms with Crippen molar-refractivity contribution in [2.45, 2.75) is 59.3 Å². The number of likely N-dealkylation sites (N-methyl/N-ethyl adjacent to an activating group) is 3. The summed E-state index contributed by atoms with van der Waals surface area (Å²) in [4.78, 5) is 14.8. The second-order valence-electron chi connectivity index (χ2n) is 13.2. The van der Waals surface area contributed by atoms with Crippen LogP contribution in [-0.4, -0.2) is 129 Å². The molecule has 42 heavy (non-hydrogen) atoms. The predicted octanol–water partition coefficient (Wildman–Crippen LogP) is 5.57. The Morgan fingerprint density at radius 3 is 1.50 bits per heavy atom. The Labute approximate surface area is 258 Å². The fourth-order valence-electron chi connectivity index (χ4n) is 6.48. The first-order valence-electron chi connectivity index (χ1n) is 16.7. The molecule has 0 aromatic carbocycles. The second-order valence-corrected chi connectivity index (χ2v) is 13.2. The minimum Gasteiger partial charge on any atom is -0.372 e. The van der Waals surface area contributed by atoms with Gasteiger partial charge in [-0.3, -0.25) is 0 Å². The van der Waals surface area contributed by atoms with Gasteiger partial charge in [0.1, 0.15) is 0 Å². The smallest absolute Gasteiger partial charge is 0.0353 e. The molecule has 3 heterocycles. The van der Waals surface area contributed by atoms with Gasteiger partial charge in [-0.2, -0.15) is 0 Å². The van der Waals surface area contributed by atoms with E-state index in [1.165, 1.54) is 139 Å². The van der Waals surface area contributed by atoms with Gasteiger partial charge in [-0.25, -0.2) is 0 Å². The van der Waals surface area contributed by atoms with Crippen LogP contribution in [0.2, 0.25) is 0 Å². The van der Waals surface area contributed by atoms with Gasteiger partial charge in [0.25, 0.3) is 0 Å². The third-order valence-electron chi connectivity index (χ3n) is 9.62. The Bertz CT molecular complexity index is 1040. The zero-order valence-electron chi connectivity index (χ0n) is 27.9. The zero-order valence-corrected chi connectivity index (χ0v) is 27.9. The molecule has 0 amide bonds. The number of hydrogen-bond acceptors (Lipinski definition) is 6. The van der Waals surface area contributed by atoms with Crippen LogP contribution >= 0.6 is 0 Å². The molecule has 0 saturated carbocycles. The van der Waals surface area contributed by atoms with Crippen LogP contribution in [-0.2, 0) is 0 Å². The molecule has 0 atom stereocenters. The third kappa shape index (κ3) is 10.2. The van der Waals surface area contributed by atoms with Crippen LogP contribution in [0.4, 0.5) is 0 Å². The molecule has 0 spiro atoms. The van der Waals surface area contributed by atoms with E-state index in [9.17, 15) is 0 Å². The lowest BCUT2D eigenvalue weighted by Crippen LogP contribution is -2.44. The number of hydrogen-bond donors (Lipinski definition) is 0. The van der Waals surface area contributed by atoms with Crippen LogP contribution in [0, 0.1) is 0 Å². The lowest BCUT2D eigenvalue weighted by molar-refractivity contribution is 0.182. The average Bonchev–Trinajstić information content (AvgIpc) is 3.00. The number of rotatable bonds is 3. The molecule has 6 heteroatoms. The van der Waals surface area contributed by atoms with E-state index in [0.717, 1.165) is 0 Å². The molecule has 6 aliphatic rings. The van der Waals surface area contributed by atoms with Gasteiger partial charge in [-0.1, -0.05) is 35.5 Å². The van der Waals surface area contributed by atoms with Crippen molar-refractivity contribution in [2.75, 3.05) is 99.7 Å². The first-order chi connectivity index (χ1) is 20.3. The Hall–Kier alpha value is -2.28. The summed E-state index contributed by atoms with van der Waals surface area (Å²) in [7, 11) is 6.61. The summed E-state index contributed by atoms with van der Waals surface area (Å²) in [6.45, 7) is 21.1. The molecule has 3 aliphatic carbocycles. The summed E-state index contributed by atoms with van der Waals surface area (Å²) >= 11 is 0. The monoisotopic (exact) mass is 576 g/mol. The number of allylic oxidation sites excluding steroid dienone is 11. The van der Waals surface area contributed by atoms with E-state index < -0.39 is 0 Å². The summed E-state index contributed by atoms with van der Waals surface area (Å²) in [6.07, 6.45) is 21.4. The Balaban J connectivity index is 0.000000145. The molecule has 6 nitrogen and oxygen atoms in total. The van der Waals surface area contributed by atoms with Crippen LogP contribution in [0.5, 0.6) is 0 Å². The zero-order chi connectivity index (χ0) is 29.9. The van der Waals surface area contributed by atoms with Crippen molar-refractivity contribution in [3.05, 3.63) is 70.3 Å². The molecule has 0 N–H and O–H groups in total. The molecule has 3 saturated heterocycles. The average molecular weight is 577 g/mol. The van der Waals surface area contributed by atoms with E-state index in [4.69, 9.17) is 0 Å². The summed E-state index contributed by atoms with van der Waals surface area (Å²) < 4.78 is 0. The molecule has 3 fully saturated rings. The van der Waals surface area contributed by atoms with E-state index in [0.29, 0.717) is 0 Å². The fourth-order valence-corrected chi connectivity index (χ4v) is 6.48. The van der Waals surface area contributed by atoms with Gasteiger partial charge in [0, 0.05) is 95.6 Å². The maximum absolute atomic E-state index is 2.55. The van der Waals surface area contributed by atoms with Crippen molar-refractivity contribution in [2.24, 2.45) is 0 Å². The highest BCUT2D eigenvalue weighted by atomic mass is 15.3. The first kappa shape index (κ1) is 32.6. The van der Waals surface area contributed by atoms with E-state index in [-0.39, 0.29) is 0 Å². The van der Waals surface area contributed by atoms with E-state index in [1.54, 1.807) is 11.4 Å². The number of piperazine rings is 3. The lowest BCUT2D eigenvalue weighted by atomic mass is 10.0. The Kier molecular flexibility index (Phi) is 12.8. The van der Waals surface area contributed by atoms with Crippen molar-refractivity contribution in [3.8, 4) is 0 Å². The van der Waals surface area contributed by atoms with Gasteiger partial charge < -0.3 is 29.4 Å². The molecule has 234 valence electrons. The molecule has 0 aromatic heterocycles. The SMILES string of the molecule is CC1=CC=C(N2CCN(C)CC2)CC1.CC1=CCCC(N2CCN(C)CC2)=C1.CC1=CCCC=C1N1CCN(C)CC1. The van der Waals surface area contributed by atoms with Crippen molar-refractivity contribution < 1.29 is 0 Å². The summed E-state index contributed by atoms with van der Waals surface area (Å²) in [5.41, 5.74) is 9.01. The molecule has 0 aromatic rings. The van der Waals surface area contributed by atoms with Gasteiger partial charge in [0.05, 0.1) is 0 Å². The Morgan fingerprint density at radius 2 is 1.00 bits per heavy atom. The van der Waals surface area contributed by atoms with E-state index >= 15 is 0 Å². The van der Waals surface area contributed by atoms with Gasteiger partial charge in [-0.05, 0) is 98.2 Å². The minimum absolute atomic E-state index is 1.19. The Morgan fingerprint density at radius 1 is 0.476 bits per heavy atom. The third-order valence-corrected chi connectivity index (χ3v) is 9.62. The quantitative estimate of drug-likeness (QED) is 0.434. The normalized spacial score (nSPS) is 24.6. The lowest BCUT2D eigenvalue weighted by Gasteiger charge is -2.36. The van der Waals surface area contributed by atoms with Crippen LogP contribution in [0.1, 0.15) is 59.3 Å². The molecular weight excluding hydrogens is 516 g/mol. The second kappa shape index (κ2) is 16.5. The van der Waals surface area contributed by atoms with Crippen LogP contribution < -0.4 is 0 Å². The van der Waals surface area contributed by atoms with Crippen molar-refractivity contribution in [1.29, 1.82) is 0 Å². The van der Waals surface area contributed by atoms with Crippen molar-refractivity contribution >= 4 is 0 Å². The summed E-state index contributed by atoms with van der Waals surface area (Å²) in [5.74, 6) is 0. The van der Waals surface area contributed by atoms with Gasteiger partial charge in [0.15, 0.2) is 0 Å². The minimum atomic E-state index is 1.19. The summed E-state index contributed by atoms with van der Waals surface area (Å²) in [6, 6.07) is 0. The maximum atomic E-state index is 2.55. The standard InChI is InChI=1S/3C12H20N2/c1-11-3-5-12(6-4-11)14-9-7-13(2)8-10-14;1-11-4-3-5-12(10-11)14-8-6-13(2)7-9-14;1-11-5-3-4-6-12(11)14-9-7-13(2)8-10-14/h3,5H,4,6-10H2,1-2H3;4,10H,3,5-9H2,1-2H3;5-6H,3-4,7-10H2,1-2H3. The topological polar surface area (TPSA) is 19.4 Å². The number of nitrogens with zero attached hydrogens (tertiary/aromatic N) is 6. The largest absolute Gasteiger partial charge is 0.372 e. The van der Waals surface area contributed by atoms with Crippen molar-refractivity contribution in [3.63, 3.8) is 0 Å². The van der Waals surface area contributed by atoms with Crippen LogP contribution in [0.15, 0.2) is 70.3 Å². The molecule has 6 rings (SSSR count). The van der Waals surface area contributed by atoms with E-state index in [2.05, 4.69) is 108 Å². The van der Waals surface area contributed by atoms with Crippen LogP contribution in [0.25, 0.3) is 0 Å². The fraction of sp³-hybridized carbons (Fsp3) is 0.667. The highest BCUT2D eigenvalue weighted by Crippen LogP contribution is 2.24. The van der Waals surface area contributed by atoms with Gasteiger partial charge >= 0.3 is 0 Å². The van der Waals surface area contributed by atoms with Gasteiger partial charge in [0.2, 0.25) is 0 Å². The molecule has 0 unspecified atom stereocenters. The molecular formula is C36H60N6. The predicted molar refractivity (Wildman–Crippen MR) is 180 cm³/mol. The van der Waals surface area contributed by atoms with Crippen LogP contribution in [0.3, 0.4) is 0 Å². The summed E-state index contributed by atoms with van der Waals surface area (Å²) in [5, 5.41) is 0.